The second-order valence-corrected chi connectivity index (χ2v) is 2.82. The fourth-order valence-corrected chi connectivity index (χ4v) is 1.25. The zero-order chi connectivity index (χ0) is 7.40. The van der Waals surface area contributed by atoms with Gasteiger partial charge in [-0.2, -0.15) is 0 Å². The summed E-state index contributed by atoms with van der Waals surface area (Å²) in [5.41, 5.74) is 5.62. The predicted octanol–water partition coefficient (Wildman–Crippen LogP) is -0.267. The maximum Gasteiger partial charge on any atom is 0.0586 e. The zero-order valence-corrected chi connectivity index (χ0v) is 6.12. The van der Waals surface area contributed by atoms with E-state index >= 15 is 0 Å². The maximum absolute atomic E-state index is 8.71. The quantitative estimate of drug-likeness (QED) is 0.562. The van der Waals surface area contributed by atoms with Crippen LogP contribution in [0.3, 0.4) is 0 Å². The average molecular weight is 145 g/mol. The van der Waals surface area contributed by atoms with Crippen LogP contribution in [-0.2, 0) is 4.74 Å². The largest absolute Gasteiger partial charge is 0.395 e. The summed E-state index contributed by atoms with van der Waals surface area (Å²) >= 11 is 0. The maximum atomic E-state index is 8.71. The summed E-state index contributed by atoms with van der Waals surface area (Å²) in [6, 6.07) is -0.0831. The van der Waals surface area contributed by atoms with E-state index in [1.54, 1.807) is 0 Å². The Morgan fingerprint density at radius 3 is 3.00 bits per heavy atom. The average Bonchev–Trinajstić information content (AvgIpc) is 2.05. The highest BCUT2D eigenvalue weighted by atomic mass is 16.5. The first-order chi connectivity index (χ1) is 4.84. The summed E-state index contributed by atoms with van der Waals surface area (Å²) in [5.74, 6) is 0.374. The first kappa shape index (κ1) is 7.98. The van der Waals surface area contributed by atoms with E-state index in [1.807, 2.05) is 0 Å². The van der Waals surface area contributed by atoms with Crippen LogP contribution in [0.25, 0.3) is 0 Å². The SMILES string of the molecule is N[C@H](CO)[C@H]1CCCOC1. The first-order valence-electron chi connectivity index (χ1n) is 3.78. The topological polar surface area (TPSA) is 55.5 Å². The Balaban J connectivity index is 2.24. The summed E-state index contributed by atoms with van der Waals surface area (Å²) < 4.78 is 5.21. The van der Waals surface area contributed by atoms with Crippen molar-refractivity contribution in [2.75, 3.05) is 19.8 Å². The lowest BCUT2D eigenvalue weighted by Gasteiger charge is -2.25. The van der Waals surface area contributed by atoms with E-state index < -0.39 is 0 Å². The molecule has 1 aliphatic heterocycles. The van der Waals surface area contributed by atoms with Gasteiger partial charge >= 0.3 is 0 Å². The highest BCUT2D eigenvalue weighted by Crippen LogP contribution is 2.15. The standard InChI is InChI=1S/C7H15NO2/c8-7(4-9)6-2-1-3-10-5-6/h6-7,9H,1-5,8H2/t6-,7+/m0/s1. The van der Waals surface area contributed by atoms with Gasteiger partial charge in [-0.25, -0.2) is 0 Å². The van der Waals surface area contributed by atoms with Gasteiger partial charge in [-0.05, 0) is 18.8 Å². The molecule has 0 aromatic rings. The van der Waals surface area contributed by atoms with Gasteiger partial charge in [-0.1, -0.05) is 0 Å². The molecule has 3 nitrogen and oxygen atoms in total. The van der Waals surface area contributed by atoms with E-state index in [9.17, 15) is 0 Å². The molecule has 0 spiro atoms. The van der Waals surface area contributed by atoms with Crippen molar-refractivity contribution in [1.82, 2.24) is 0 Å². The molecular weight excluding hydrogens is 130 g/mol. The zero-order valence-electron chi connectivity index (χ0n) is 6.12. The monoisotopic (exact) mass is 145 g/mol. The van der Waals surface area contributed by atoms with E-state index in [4.69, 9.17) is 15.6 Å². The number of hydrogen-bond donors (Lipinski definition) is 2. The fraction of sp³-hybridized carbons (Fsp3) is 1.00. The molecule has 0 saturated carbocycles. The van der Waals surface area contributed by atoms with Crippen molar-refractivity contribution in [3.63, 3.8) is 0 Å². The molecule has 1 fully saturated rings. The summed E-state index contributed by atoms with van der Waals surface area (Å²) in [7, 11) is 0. The second-order valence-electron chi connectivity index (χ2n) is 2.82. The predicted molar refractivity (Wildman–Crippen MR) is 38.6 cm³/mol. The number of hydrogen-bond acceptors (Lipinski definition) is 3. The van der Waals surface area contributed by atoms with Crippen molar-refractivity contribution in [3.05, 3.63) is 0 Å². The van der Waals surface area contributed by atoms with Gasteiger partial charge in [0.1, 0.15) is 0 Å². The van der Waals surface area contributed by atoms with Crippen LogP contribution in [-0.4, -0.2) is 31.0 Å². The Morgan fingerprint density at radius 1 is 1.70 bits per heavy atom. The number of ether oxygens (including phenoxy) is 1. The summed E-state index contributed by atoms with van der Waals surface area (Å²) in [5, 5.41) is 8.71. The van der Waals surface area contributed by atoms with Gasteiger partial charge in [0.05, 0.1) is 13.2 Å². The molecule has 2 atom stereocenters. The third-order valence-corrected chi connectivity index (χ3v) is 2.01. The van der Waals surface area contributed by atoms with Crippen LogP contribution in [0.5, 0.6) is 0 Å². The highest BCUT2D eigenvalue weighted by Gasteiger charge is 2.19. The molecule has 0 unspecified atom stereocenters. The molecule has 0 radical (unpaired) electrons. The van der Waals surface area contributed by atoms with E-state index in [1.165, 1.54) is 0 Å². The molecule has 0 aliphatic carbocycles. The van der Waals surface area contributed by atoms with Gasteiger partial charge in [-0.3, -0.25) is 0 Å². The molecule has 60 valence electrons. The molecule has 1 rings (SSSR count). The Kier molecular flexibility index (Phi) is 3.12. The van der Waals surface area contributed by atoms with Crippen LogP contribution in [0.15, 0.2) is 0 Å². The minimum absolute atomic E-state index is 0.0774. The first-order valence-corrected chi connectivity index (χ1v) is 3.78. The van der Waals surface area contributed by atoms with Gasteiger partial charge in [0.2, 0.25) is 0 Å². The lowest BCUT2D eigenvalue weighted by atomic mass is 9.95. The lowest BCUT2D eigenvalue weighted by molar-refractivity contribution is 0.0358. The Labute approximate surface area is 61.2 Å². The molecule has 1 aliphatic rings. The Hall–Kier alpha value is -0.120. The molecule has 1 heterocycles. The molecule has 10 heavy (non-hydrogen) atoms. The third kappa shape index (κ3) is 1.94. The van der Waals surface area contributed by atoms with Gasteiger partial charge in [0, 0.05) is 12.6 Å². The van der Waals surface area contributed by atoms with Crippen molar-refractivity contribution in [2.45, 2.75) is 18.9 Å². The van der Waals surface area contributed by atoms with Crippen LogP contribution in [0.1, 0.15) is 12.8 Å². The van der Waals surface area contributed by atoms with E-state index in [2.05, 4.69) is 0 Å². The fourth-order valence-electron chi connectivity index (χ4n) is 1.25. The minimum atomic E-state index is -0.0831. The Morgan fingerprint density at radius 2 is 2.50 bits per heavy atom. The number of aliphatic hydroxyl groups is 1. The van der Waals surface area contributed by atoms with E-state index in [-0.39, 0.29) is 12.6 Å². The highest BCUT2D eigenvalue weighted by molar-refractivity contribution is 4.73. The van der Waals surface area contributed by atoms with Crippen molar-refractivity contribution >= 4 is 0 Å². The van der Waals surface area contributed by atoms with Crippen molar-refractivity contribution in [3.8, 4) is 0 Å². The molecule has 1 saturated heterocycles. The van der Waals surface area contributed by atoms with Crippen LogP contribution >= 0.6 is 0 Å². The molecule has 0 bridgehead atoms. The van der Waals surface area contributed by atoms with Crippen LogP contribution in [0.4, 0.5) is 0 Å². The van der Waals surface area contributed by atoms with Gasteiger partial charge in [0.15, 0.2) is 0 Å². The smallest absolute Gasteiger partial charge is 0.0586 e. The minimum Gasteiger partial charge on any atom is -0.395 e. The summed E-state index contributed by atoms with van der Waals surface area (Å²) in [6.07, 6.45) is 2.18. The number of aliphatic hydroxyl groups excluding tert-OH is 1. The normalized spacial score (nSPS) is 30.0. The van der Waals surface area contributed by atoms with Gasteiger partial charge < -0.3 is 15.6 Å². The van der Waals surface area contributed by atoms with Crippen LogP contribution < -0.4 is 5.73 Å². The second kappa shape index (κ2) is 3.91. The molecule has 3 heteroatoms. The molecule has 0 aromatic heterocycles. The summed E-state index contributed by atoms with van der Waals surface area (Å²) in [6.45, 7) is 1.66. The Bertz CT molecular complexity index is 91.6. The molecule has 0 amide bonds. The molecule has 0 aromatic carbocycles. The molecule has 3 N–H and O–H groups in total. The van der Waals surface area contributed by atoms with Crippen LogP contribution in [0.2, 0.25) is 0 Å². The van der Waals surface area contributed by atoms with Crippen molar-refractivity contribution in [2.24, 2.45) is 11.7 Å². The summed E-state index contributed by atoms with van der Waals surface area (Å²) in [4.78, 5) is 0. The lowest BCUT2D eigenvalue weighted by Crippen LogP contribution is -2.38. The van der Waals surface area contributed by atoms with Gasteiger partial charge in [-0.15, -0.1) is 0 Å². The molecular formula is C7H15NO2. The van der Waals surface area contributed by atoms with Crippen molar-refractivity contribution < 1.29 is 9.84 Å². The van der Waals surface area contributed by atoms with Crippen LogP contribution in [0, 0.1) is 5.92 Å². The van der Waals surface area contributed by atoms with E-state index in [0.717, 1.165) is 26.1 Å². The number of nitrogens with two attached hydrogens (primary N) is 1. The van der Waals surface area contributed by atoms with Gasteiger partial charge in [0.25, 0.3) is 0 Å². The van der Waals surface area contributed by atoms with Crippen molar-refractivity contribution in [1.29, 1.82) is 0 Å². The number of rotatable bonds is 2. The third-order valence-electron chi connectivity index (χ3n) is 2.01. The van der Waals surface area contributed by atoms with E-state index in [0.29, 0.717) is 5.92 Å².